The van der Waals surface area contributed by atoms with E-state index in [2.05, 4.69) is 32.1 Å². The first-order valence-corrected chi connectivity index (χ1v) is 13.6. The maximum atomic E-state index is 13.1. The highest BCUT2D eigenvalue weighted by atomic mass is 19.1. The van der Waals surface area contributed by atoms with E-state index >= 15 is 0 Å². The number of benzene rings is 1. The number of aromatic nitrogens is 4. The van der Waals surface area contributed by atoms with Crippen molar-refractivity contribution in [2.75, 3.05) is 18.8 Å². The second-order valence-electron chi connectivity index (χ2n) is 10.5. The molecule has 2 aromatic heterocycles. The zero-order valence-corrected chi connectivity index (χ0v) is 21.9. The van der Waals surface area contributed by atoms with E-state index in [1.54, 1.807) is 15.8 Å². The van der Waals surface area contributed by atoms with Crippen molar-refractivity contribution in [2.45, 2.75) is 63.3 Å². The lowest BCUT2D eigenvalue weighted by Gasteiger charge is -2.30. The van der Waals surface area contributed by atoms with Crippen molar-refractivity contribution in [3.05, 3.63) is 42.2 Å². The standard InChI is InChI=1S/C28H30FN7O4/c29-18-4-8-20(9-5-18)39-28(38)35-14-12-17(13-15-35)2-1-3-22-33-25(30)24-26(34-22)36(16-31-24)23-11-10-21(40-23)27(37)32-19-6-7-19/h4-5,8-9,16-17,19,21,23H,2,6-7,10-15H2,(H,32,37)(H2,30,33,34)/t21-,23+/m0/s1. The van der Waals surface area contributed by atoms with E-state index < -0.39 is 12.2 Å². The third kappa shape index (κ3) is 5.84. The third-order valence-electron chi connectivity index (χ3n) is 7.45. The molecule has 2 saturated heterocycles. The maximum Gasteiger partial charge on any atom is 0.415 e. The molecular formula is C28H30FN7O4. The van der Waals surface area contributed by atoms with Crippen molar-refractivity contribution in [3.8, 4) is 17.6 Å². The molecule has 12 heteroatoms. The molecule has 0 bridgehead atoms. The highest BCUT2D eigenvalue weighted by Gasteiger charge is 2.35. The van der Waals surface area contributed by atoms with Crippen LogP contribution in [0.4, 0.5) is 15.0 Å². The fraction of sp³-hybridized carbons (Fsp3) is 0.464. The van der Waals surface area contributed by atoms with Crippen LogP contribution in [0.25, 0.3) is 11.2 Å². The summed E-state index contributed by atoms with van der Waals surface area (Å²) in [7, 11) is 0. The van der Waals surface area contributed by atoms with Gasteiger partial charge in [0.05, 0.1) is 6.33 Å². The zero-order valence-electron chi connectivity index (χ0n) is 21.9. The molecule has 1 aromatic carbocycles. The molecule has 0 unspecified atom stereocenters. The predicted octanol–water partition coefficient (Wildman–Crippen LogP) is 3.16. The van der Waals surface area contributed by atoms with Crippen molar-refractivity contribution in [1.82, 2.24) is 29.7 Å². The highest BCUT2D eigenvalue weighted by Crippen LogP contribution is 2.32. The first-order valence-electron chi connectivity index (χ1n) is 13.6. The summed E-state index contributed by atoms with van der Waals surface area (Å²) in [6.07, 6.45) is 5.88. The number of hydrogen-bond acceptors (Lipinski definition) is 8. The number of nitrogens with two attached hydrogens (primary N) is 1. The molecule has 2 atom stereocenters. The van der Waals surface area contributed by atoms with Crippen LogP contribution < -0.4 is 15.8 Å². The van der Waals surface area contributed by atoms with Crippen LogP contribution in [0, 0.1) is 23.6 Å². The largest absolute Gasteiger partial charge is 0.415 e. The maximum absolute atomic E-state index is 13.1. The van der Waals surface area contributed by atoms with E-state index in [1.807, 2.05) is 0 Å². The molecule has 6 rings (SSSR count). The van der Waals surface area contributed by atoms with E-state index in [0.717, 1.165) is 25.7 Å². The predicted molar refractivity (Wildman–Crippen MR) is 142 cm³/mol. The summed E-state index contributed by atoms with van der Waals surface area (Å²) in [4.78, 5) is 39.7. The van der Waals surface area contributed by atoms with Crippen LogP contribution >= 0.6 is 0 Å². The van der Waals surface area contributed by atoms with Gasteiger partial charge in [0.15, 0.2) is 11.5 Å². The molecule has 3 N–H and O–H groups in total. The molecule has 208 valence electrons. The summed E-state index contributed by atoms with van der Waals surface area (Å²) in [5.41, 5.74) is 7.16. The number of piperidine rings is 1. The van der Waals surface area contributed by atoms with Gasteiger partial charge in [-0.1, -0.05) is 5.92 Å². The molecule has 2 amide bonds. The number of rotatable bonds is 5. The first-order chi connectivity index (χ1) is 19.4. The number of anilines is 1. The monoisotopic (exact) mass is 547 g/mol. The Morgan fingerprint density at radius 2 is 1.88 bits per heavy atom. The van der Waals surface area contributed by atoms with Crippen LogP contribution in [-0.2, 0) is 9.53 Å². The van der Waals surface area contributed by atoms with Gasteiger partial charge in [0.1, 0.15) is 29.4 Å². The Kier molecular flexibility index (Phi) is 7.21. The topological polar surface area (TPSA) is 137 Å². The summed E-state index contributed by atoms with van der Waals surface area (Å²) in [6, 6.07) is 5.66. The van der Waals surface area contributed by atoms with Gasteiger partial charge in [-0.3, -0.25) is 9.36 Å². The van der Waals surface area contributed by atoms with Gasteiger partial charge in [0.25, 0.3) is 0 Å². The molecule has 11 nitrogen and oxygen atoms in total. The molecule has 40 heavy (non-hydrogen) atoms. The minimum absolute atomic E-state index is 0.0641. The molecule has 0 radical (unpaired) electrons. The Morgan fingerprint density at radius 1 is 1.10 bits per heavy atom. The number of hydrogen-bond donors (Lipinski definition) is 2. The number of ether oxygens (including phenoxy) is 2. The smallest absolute Gasteiger partial charge is 0.410 e. The molecule has 0 spiro atoms. The lowest BCUT2D eigenvalue weighted by Crippen LogP contribution is -2.40. The summed E-state index contributed by atoms with van der Waals surface area (Å²) in [6.45, 7) is 1.12. The minimum atomic E-state index is -0.488. The van der Waals surface area contributed by atoms with E-state index in [4.69, 9.17) is 15.2 Å². The quantitative estimate of drug-likeness (QED) is 0.465. The van der Waals surface area contributed by atoms with Crippen LogP contribution in [0.15, 0.2) is 30.6 Å². The Balaban J connectivity index is 1.04. The lowest BCUT2D eigenvalue weighted by molar-refractivity contribution is -0.134. The van der Waals surface area contributed by atoms with Crippen LogP contribution in [-0.4, -0.2) is 61.7 Å². The number of likely N-dealkylation sites (tertiary alicyclic amines) is 1. The molecule has 1 saturated carbocycles. The van der Waals surface area contributed by atoms with Gasteiger partial charge in [0, 0.05) is 25.6 Å². The van der Waals surface area contributed by atoms with E-state index in [9.17, 15) is 14.0 Å². The van der Waals surface area contributed by atoms with Gasteiger partial charge in [-0.25, -0.2) is 24.1 Å². The van der Waals surface area contributed by atoms with Gasteiger partial charge in [-0.15, -0.1) is 0 Å². The number of halogens is 1. The summed E-state index contributed by atoms with van der Waals surface area (Å²) >= 11 is 0. The summed E-state index contributed by atoms with van der Waals surface area (Å²) in [5, 5.41) is 3.00. The number of carbonyl (C=O) groups is 2. The molecular weight excluding hydrogens is 517 g/mol. The van der Waals surface area contributed by atoms with Gasteiger partial charge in [-0.05, 0) is 74.6 Å². The SMILES string of the molecule is Nc1nc(C#CCC2CCN(C(=O)Oc3ccc(F)cc3)CC2)nc2c1ncn2[C@H]1CC[C@@H](C(=O)NC2CC2)O1. The van der Waals surface area contributed by atoms with Crippen molar-refractivity contribution >= 4 is 29.0 Å². The third-order valence-corrected chi connectivity index (χ3v) is 7.45. The van der Waals surface area contributed by atoms with Crippen LogP contribution in [0.3, 0.4) is 0 Å². The zero-order chi connectivity index (χ0) is 27.6. The number of nitrogen functional groups attached to an aromatic ring is 1. The second-order valence-corrected chi connectivity index (χ2v) is 10.5. The first kappa shape index (κ1) is 26.0. The number of nitrogens with zero attached hydrogens (tertiary/aromatic N) is 5. The van der Waals surface area contributed by atoms with E-state index in [-0.39, 0.29) is 29.8 Å². The number of fused-ring (bicyclic) bond motifs is 1. The summed E-state index contributed by atoms with van der Waals surface area (Å²) in [5.74, 6) is 6.91. The fourth-order valence-electron chi connectivity index (χ4n) is 5.01. The Labute approximate surface area is 230 Å². The highest BCUT2D eigenvalue weighted by molar-refractivity contribution is 5.83. The van der Waals surface area contributed by atoms with Crippen LogP contribution in [0.1, 0.15) is 57.0 Å². The molecule has 2 aliphatic heterocycles. The second kappa shape index (κ2) is 11.1. The van der Waals surface area contributed by atoms with Gasteiger partial charge >= 0.3 is 6.09 Å². The van der Waals surface area contributed by atoms with Crippen LogP contribution in [0.5, 0.6) is 5.75 Å². The molecule has 3 aliphatic rings. The number of amides is 2. The van der Waals surface area contributed by atoms with Crippen molar-refractivity contribution in [1.29, 1.82) is 0 Å². The van der Waals surface area contributed by atoms with Crippen LogP contribution in [0.2, 0.25) is 0 Å². The molecule has 1 aliphatic carbocycles. The lowest BCUT2D eigenvalue weighted by atomic mass is 9.94. The number of carbonyl (C=O) groups excluding carboxylic acids is 2. The van der Waals surface area contributed by atoms with Crippen molar-refractivity contribution < 1.29 is 23.5 Å². The van der Waals surface area contributed by atoms with Gasteiger partial charge < -0.3 is 25.4 Å². The molecule has 3 aromatic rings. The van der Waals surface area contributed by atoms with Crippen molar-refractivity contribution in [3.63, 3.8) is 0 Å². The van der Waals surface area contributed by atoms with Gasteiger partial charge in [-0.2, -0.15) is 0 Å². The minimum Gasteiger partial charge on any atom is -0.410 e. The van der Waals surface area contributed by atoms with Crippen molar-refractivity contribution in [2.24, 2.45) is 5.92 Å². The average Bonchev–Trinajstić information content (AvgIpc) is 3.44. The Morgan fingerprint density at radius 3 is 2.62 bits per heavy atom. The Bertz CT molecular complexity index is 1470. The Hall–Kier alpha value is -4.24. The fourth-order valence-corrected chi connectivity index (χ4v) is 5.01. The number of nitrogens with one attached hydrogen (secondary N) is 1. The molecule has 3 fully saturated rings. The summed E-state index contributed by atoms with van der Waals surface area (Å²) < 4.78 is 26.2. The molecule has 4 heterocycles. The normalized spacial score (nSPS) is 21.2. The van der Waals surface area contributed by atoms with E-state index in [0.29, 0.717) is 61.0 Å². The number of imidazole rings is 1. The van der Waals surface area contributed by atoms with Gasteiger partial charge in [0.2, 0.25) is 11.7 Å². The van der Waals surface area contributed by atoms with E-state index in [1.165, 1.54) is 24.3 Å². The average molecular weight is 548 g/mol.